The van der Waals surface area contributed by atoms with E-state index in [2.05, 4.69) is 10.0 Å². The summed E-state index contributed by atoms with van der Waals surface area (Å²) in [4.78, 5) is 11.5. The molecule has 1 aliphatic heterocycles. The number of carbonyl (C=O) groups is 1. The third-order valence-electron chi connectivity index (χ3n) is 2.98. The maximum absolute atomic E-state index is 11.5. The molecule has 0 spiro atoms. The van der Waals surface area contributed by atoms with E-state index in [1.165, 1.54) is 0 Å². The maximum atomic E-state index is 11.5. The average molecular weight is 262 g/mol. The van der Waals surface area contributed by atoms with Gasteiger partial charge in [0.1, 0.15) is 0 Å². The second-order valence-corrected chi connectivity index (χ2v) is 6.42. The lowest BCUT2D eigenvalue weighted by atomic mass is 9.93. The molecule has 0 radical (unpaired) electrons. The number of hydrogen-bond donors (Lipinski definition) is 2. The molecule has 1 saturated heterocycles. The van der Waals surface area contributed by atoms with Gasteiger partial charge < -0.3 is 5.32 Å². The lowest BCUT2D eigenvalue weighted by Crippen LogP contribution is -2.33. The van der Waals surface area contributed by atoms with E-state index < -0.39 is 10.0 Å². The van der Waals surface area contributed by atoms with Crippen LogP contribution in [0.1, 0.15) is 39.0 Å². The monoisotopic (exact) mass is 262 g/mol. The molecule has 1 rings (SSSR count). The number of rotatable bonds is 6. The third kappa shape index (κ3) is 6.02. The number of piperidine rings is 1. The summed E-state index contributed by atoms with van der Waals surface area (Å²) >= 11 is 0. The second-order valence-electron chi connectivity index (χ2n) is 4.58. The molecule has 0 aliphatic carbocycles. The predicted octanol–water partition coefficient (Wildman–Crippen LogP) is 0.622. The van der Waals surface area contributed by atoms with Gasteiger partial charge in [-0.25, -0.2) is 8.42 Å². The zero-order valence-corrected chi connectivity index (χ0v) is 11.2. The topological polar surface area (TPSA) is 75.3 Å². The zero-order chi connectivity index (χ0) is 12.7. The van der Waals surface area contributed by atoms with Crippen molar-refractivity contribution < 1.29 is 13.2 Å². The van der Waals surface area contributed by atoms with Crippen LogP contribution >= 0.6 is 0 Å². The predicted molar refractivity (Wildman–Crippen MR) is 67.0 cm³/mol. The Morgan fingerprint density at radius 2 is 2.00 bits per heavy atom. The summed E-state index contributed by atoms with van der Waals surface area (Å²) in [5.74, 6) is 0.208. The van der Waals surface area contributed by atoms with Crippen molar-refractivity contribution in [2.75, 3.05) is 18.8 Å². The van der Waals surface area contributed by atoms with Crippen LogP contribution in [0.25, 0.3) is 0 Å². The van der Waals surface area contributed by atoms with Gasteiger partial charge in [0.15, 0.2) is 0 Å². The number of carbonyl (C=O) groups excluding carboxylic acids is 1. The van der Waals surface area contributed by atoms with Gasteiger partial charge >= 0.3 is 0 Å². The minimum Gasteiger partial charge on any atom is -0.317 e. The van der Waals surface area contributed by atoms with Crippen molar-refractivity contribution in [2.24, 2.45) is 5.92 Å². The van der Waals surface area contributed by atoms with Gasteiger partial charge in [0.05, 0.1) is 5.75 Å². The Balaban J connectivity index is 2.25. The standard InChI is InChI=1S/C11H22N2O3S/c1-2-9-17(15,16)13-11(14)4-3-10-5-7-12-8-6-10/h10,12H,2-9H2,1H3,(H,13,14). The first-order valence-corrected chi connectivity index (χ1v) is 7.93. The molecule has 0 atom stereocenters. The molecule has 6 heteroatoms. The first kappa shape index (κ1) is 14.4. The van der Waals surface area contributed by atoms with Crippen molar-refractivity contribution in [3.8, 4) is 0 Å². The molecule has 2 N–H and O–H groups in total. The van der Waals surface area contributed by atoms with Gasteiger partial charge in [0, 0.05) is 6.42 Å². The molecular formula is C11H22N2O3S. The lowest BCUT2D eigenvalue weighted by molar-refractivity contribution is -0.119. The molecule has 0 saturated carbocycles. The van der Waals surface area contributed by atoms with E-state index in [1.807, 2.05) is 0 Å². The van der Waals surface area contributed by atoms with Gasteiger partial charge in [-0.1, -0.05) is 6.92 Å². The normalized spacial score (nSPS) is 17.9. The maximum Gasteiger partial charge on any atom is 0.234 e. The van der Waals surface area contributed by atoms with E-state index in [1.54, 1.807) is 6.92 Å². The molecule has 1 aliphatic rings. The first-order chi connectivity index (χ1) is 8.03. The van der Waals surface area contributed by atoms with Gasteiger partial charge in [-0.2, -0.15) is 0 Å². The molecule has 100 valence electrons. The second kappa shape index (κ2) is 6.96. The summed E-state index contributed by atoms with van der Waals surface area (Å²) in [6.45, 7) is 3.78. The smallest absolute Gasteiger partial charge is 0.234 e. The summed E-state index contributed by atoms with van der Waals surface area (Å²) in [6.07, 6.45) is 3.78. The Hall–Kier alpha value is -0.620. The summed E-state index contributed by atoms with van der Waals surface area (Å²) in [6, 6.07) is 0. The third-order valence-corrected chi connectivity index (χ3v) is 4.46. The molecule has 1 amide bonds. The van der Waals surface area contributed by atoms with E-state index >= 15 is 0 Å². The highest BCUT2D eigenvalue weighted by Crippen LogP contribution is 2.17. The molecule has 1 fully saturated rings. The molecule has 0 aromatic carbocycles. The fourth-order valence-electron chi connectivity index (χ4n) is 2.05. The lowest BCUT2D eigenvalue weighted by Gasteiger charge is -2.22. The van der Waals surface area contributed by atoms with E-state index in [-0.39, 0.29) is 11.7 Å². The van der Waals surface area contributed by atoms with Crippen LogP contribution in [0, 0.1) is 5.92 Å². The fraction of sp³-hybridized carbons (Fsp3) is 0.909. The van der Waals surface area contributed by atoms with Crippen molar-refractivity contribution >= 4 is 15.9 Å². The molecular weight excluding hydrogens is 240 g/mol. The molecule has 17 heavy (non-hydrogen) atoms. The van der Waals surface area contributed by atoms with Crippen molar-refractivity contribution in [3.05, 3.63) is 0 Å². The van der Waals surface area contributed by atoms with Crippen LogP contribution in [0.15, 0.2) is 0 Å². The zero-order valence-electron chi connectivity index (χ0n) is 10.4. The minimum atomic E-state index is -3.40. The summed E-state index contributed by atoms with van der Waals surface area (Å²) in [5.41, 5.74) is 0. The Morgan fingerprint density at radius 1 is 1.35 bits per heavy atom. The largest absolute Gasteiger partial charge is 0.317 e. The Kier molecular flexibility index (Phi) is 5.91. The molecule has 0 aromatic rings. The van der Waals surface area contributed by atoms with Gasteiger partial charge in [-0.15, -0.1) is 0 Å². The molecule has 0 bridgehead atoms. The van der Waals surface area contributed by atoms with E-state index in [0.29, 0.717) is 18.8 Å². The molecule has 0 aromatic heterocycles. The van der Waals surface area contributed by atoms with Gasteiger partial charge in [0.25, 0.3) is 0 Å². The fourth-order valence-corrected chi connectivity index (χ4v) is 3.14. The summed E-state index contributed by atoms with van der Waals surface area (Å²) < 4.78 is 24.8. The molecule has 0 unspecified atom stereocenters. The number of hydrogen-bond acceptors (Lipinski definition) is 4. The van der Waals surface area contributed by atoms with Crippen LogP contribution in [0.5, 0.6) is 0 Å². The Morgan fingerprint density at radius 3 is 2.59 bits per heavy atom. The number of amides is 1. The van der Waals surface area contributed by atoms with Gasteiger partial charge in [-0.3, -0.25) is 9.52 Å². The highest BCUT2D eigenvalue weighted by molar-refractivity contribution is 7.90. The van der Waals surface area contributed by atoms with Crippen LogP contribution < -0.4 is 10.0 Å². The number of sulfonamides is 1. The van der Waals surface area contributed by atoms with E-state index in [4.69, 9.17) is 0 Å². The first-order valence-electron chi connectivity index (χ1n) is 6.27. The highest BCUT2D eigenvalue weighted by Gasteiger charge is 2.17. The highest BCUT2D eigenvalue weighted by atomic mass is 32.2. The summed E-state index contributed by atoms with van der Waals surface area (Å²) in [5, 5.41) is 3.26. The van der Waals surface area contributed by atoms with Gasteiger partial charge in [0.2, 0.25) is 15.9 Å². The van der Waals surface area contributed by atoms with Crippen molar-refractivity contribution in [3.63, 3.8) is 0 Å². The SMILES string of the molecule is CCCS(=O)(=O)NC(=O)CCC1CCNCC1. The van der Waals surface area contributed by atoms with E-state index in [0.717, 1.165) is 32.4 Å². The number of nitrogens with one attached hydrogen (secondary N) is 2. The van der Waals surface area contributed by atoms with Crippen molar-refractivity contribution in [2.45, 2.75) is 39.0 Å². The average Bonchev–Trinajstić information content (AvgIpc) is 2.27. The minimum absolute atomic E-state index is 0.0199. The quantitative estimate of drug-likeness (QED) is 0.736. The van der Waals surface area contributed by atoms with Crippen LogP contribution in [-0.2, 0) is 14.8 Å². The molecule has 1 heterocycles. The van der Waals surface area contributed by atoms with Crippen LogP contribution in [0.2, 0.25) is 0 Å². The van der Waals surface area contributed by atoms with Crippen LogP contribution in [0.3, 0.4) is 0 Å². The van der Waals surface area contributed by atoms with Crippen molar-refractivity contribution in [1.29, 1.82) is 0 Å². The van der Waals surface area contributed by atoms with Crippen LogP contribution in [0.4, 0.5) is 0 Å². The Bertz CT molecular complexity index is 335. The molecule has 5 nitrogen and oxygen atoms in total. The van der Waals surface area contributed by atoms with Crippen LogP contribution in [-0.4, -0.2) is 33.2 Å². The van der Waals surface area contributed by atoms with E-state index in [9.17, 15) is 13.2 Å². The Labute approximate surface area is 103 Å². The summed E-state index contributed by atoms with van der Waals surface area (Å²) in [7, 11) is -3.40. The van der Waals surface area contributed by atoms with Crippen molar-refractivity contribution in [1.82, 2.24) is 10.0 Å². The van der Waals surface area contributed by atoms with Gasteiger partial charge in [-0.05, 0) is 44.7 Å².